The topological polar surface area (TPSA) is 52.5 Å². The Morgan fingerprint density at radius 1 is 0.870 bits per heavy atom. The normalized spacial score (nSPS) is 41.6. The Morgan fingerprint density at radius 2 is 1.65 bits per heavy atom. The molecular formula is C20H27NO2. The Morgan fingerprint density at radius 3 is 2.52 bits per heavy atom. The van der Waals surface area contributed by atoms with Crippen LogP contribution in [-0.2, 0) is 6.42 Å². The van der Waals surface area contributed by atoms with E-state index in [0.29, 0.717) is 12.0 Å². The van der Waals surface area contributed by atoms with Gasteiger partial charge in [0.2, 0.25) is 0 Å². The second-order valence-corrected chi connectivity index (χ2v) is 8.33. The van der Waals surface area contributed by atoms with E-state index >= 15 is 0 Å². The molecule has 5 unspecified atom stereocenters. The highest BCUT2D eigenvalue weighted by molar-refractivity contribution is 5.49. The third-order valence-electron chi connectivity index (χ3n) is 7.45. The van der Waals surface area contributed by atoms with Crippen LogP contribution in [0.1, 0.15) is 55.6 Å². The molecular weight excluding hydrogens is 286 g/mol. The van der Waals surface area contributed by atoms with E-state index in [2.05, 4.69) is 5.32 Å². The fourth-order valence-electron chi connectivity index (χ4n) is 6.51. The van der Waals surface area contributed by atoms with Crippen molar-refractivity contribution in [3.63, 3.8) is 0 Å². The van der Waals surface area contributed by atoms with Crippen LogP contribution >= 0.6 is 0 Å². The number of hydrogen-bond donors (Lipinski definition) is 3. The maximum Gasteiger partial charge on any atom is 0.157 e. The molecule has 0 amide bonds. The number of rotatable bonds is 0. The first-order chi connectivity index (χ1) is 11.2. The summed E-state index contributed by atoms with van der Waals surface area (Å²) in [6, 6.07) is 4.25. The molecule has 5 rings (SSSR count). The number of benzene rings is 1. The third kappa shape index (κ3) is 1.98. The van der Waals surface area contributed by atoms with E-state index in [1.807, 2.05) is 12.1 Å². The summed E-state index contributed by atoms with van der Waals surface area (Å²) in [5.41, 5.74) is 2.59. The second-order valence-electron chi connectivity index (χ2n) is 8.33. The van der Waals surface area contributed by atoms with Gasteiger partial charge in [0.1, 0.15) is 0 Å². The molecule has 23 heavy (non-hydrogen) atoms. The van der Waals surface area contributed by atoms with Crippen molar-refractivity contribution in [2.24, 2.45) is 23.7 Å². The molecule has 2 saturated carbocycles. The summed E-state index contributed by atoms with van der Waals surface area (Å²) in [5, 5.41) is 23.7. The van der Waals surface area contributed by atoms with E-state index < -0.39 is 0 Å². The Hall–Kier alpha value is -1.22. The molecule has 1 aliphatic heterocycles. The van der Waals surface area contributed by atoms with Gasteiger partial charge in [-0.15, -0.1) is 0 Å². The predicted molar refractivity (Wildman–Crippen MR) is 89.7 cm³/mol. The number of hydrogen-bond acceptors (Lipinski definition) is 3. The van der Waals surface area contributed by atoms with Gasteiger partial charge in [0, 0.05) is 12.0 Å². The van der Waals surface area contributed by atoms with Crippen LogP contribution in [0.25, 0.3) is 0 Å². The van der Waals surface area contributed by atoms with Crippen molar-refractivity contribution in [2.45, 2.75) is 56.9 Å². The van der Waals surface area contributed by atoms with Gasteiger partial charge in [-0.1, -0.05) is 19.3 Å². The van der Waals surface area contributed by atoms with Crippen LogP contribution in [0.2, 0.25) is 0 Å². The quantitative estimate of drug-likeness (QED) is 0.642. The molecule has 3 fully saturated rings. The molecule has 0 spiro atoms. The third-order valence-corrected chi connectivity index (χ3v) is 7.45. The highest BCUT2D eigenvalue weighted by atomic mass is 16.3. The number of phenolic OH excluding ortho intramolecular Hbond substituents is 2. The lowest BCUT2D eigenvalue weighted by molar-refractivity contribution is -0.0768. The van der Waals surface area contributed by atoms with Crippen LogP contribution in [0.4, 0.5) is 0 Å². The summed E-state index contributed by atoms with van der Waals surface area (Å²) in [6.07, 6.45) is 9.27. The predicted octanol–water partition coefficient (Wildman–Crippen LogP) is 3.54. The molecule has 4 aliphatic rings. The molecule has 124 valence electrons. The first kappa shape index (κ1) is 14.2. The van der Waals surface area contributed by atoms with Crippen LogP contribution < -0.4 is 5.32 Å². The van der Waals surface area contributed by atoms with E-state index in [4.69, 9.17) is 0 Å². The molecule has 3 aliphatic carbocycles. The number of fused-ring (bicyclic) bond motifs is 8. The van der Waals surface area contributed by atoms with E-state index in [-0.39, 0.29) is 11.5 Å². The van der Waals surface area contributed by atoms with Gasteiger partial charge in [-0.3, -0.25) is 0 Å². The average Bonchev–Trinajstić information content (AvgIpc) is 2.75. The molecule has 1 saturated heterocycles. The smallest absolute Gasteiger partial charge is 0.157 e. The lowest BCUT2D eigenvalue weighted by Gasteiger charge is -2.61. The van der Waals surface area contributed by atoms with Crippen molar-refractivity contribution >= 4 is 0 Å². The molecule has 3 N–H and O–H groups in total. The monoisotopic (exact) mass is 313 g/mol. The molecule has 1 heterocycles. The minimum atomic E-state index is 0.0449. The molecule has 0 aromatic heterocycles. The van der Waals surface area contributed by atoms with Crippen LogP contribution in [0, 0.1) is 23.7 Å². The second kappa shape index (κ2) is 5.14. The number of aromatic hydroxyl groups is 2. The summed E-state index contributed by atoms with van der Waals surface area (Å²) < 4.78 is 0. The van der Waals surface area contributed by atoms with Gasteiger partial charge in [0.15, 0.2) is 11.5 Å². The molecule has 1 aromatic rings. The van der Waals surface area contributed by atoms with Crippen LogP contribution in [-0.4, -0.2) is 22.8 Å². The molecule has 0 radical (unpaired) electrons. The van der Waals surface area contributed by atoms with Crippen LogP contribution in [0.3, 0.4) is 0 Å². The maximum atomic E-state index is 10.0. The fraction of sp³-hybridized carbons (Fsp3) is 0.700. The highest BCUT2D eigenvalue weighted by Gasteiger charge is 2.57. The zero-order chi connectivity index (χ0) is 15.6. The van der Waals surface area contributed by atoms with Crippen LogP contribution in [0.15, 0.2) is 12.1 Å². The van der Waals surface area contributed by atoms with Gasteiger partial charge in [-0.2, -0.15) is 0 Å². The summed E-state index contributed by atoms with van der Waals surface area (Å²) in [7, 11) is 0. The van der Waals surface area contributed by atoms with Crippen molar-refractivity contribution < 1.29 is 10.2 Å². The molecule has 3 nitrogen and oxygen atoms in total. The van der Waals surface area contributed by atoms with Gasteiger partial charge in [0.25, 0.3) is 0 Å². The summed E-state index contributed by atoms with van der Waals surface area (Å²) in [4.78, 5) is 0. The largest absolute Gasteiger partial charge is 0.504 e. The van der Waals surface area contributed by atoms with Crippen molar-refractivity contribution in [3.8, 4) is 11.5 Å². The van der Waals surface area contributed by atoms with Crippen molar-refractivity contribution in [1.82, 2.24) is 5.32 Å². The van der Waals surface area contributed by atoms with E-state index in [9.17, 15) is 10.2 Å². The summed E-state index contributed by atoms with van der Waals surface area (Å²) in [6.45, 7) is 1.20. The first-order valence-electron chi connectivity index (χ1n) is 9.52. The maximum absolute atomic E-state index is 10.0. The Labute approximate surface area is 138 Å². The minimum Gasteiger partial charge on any atom is -0.504 e. The molecule has 3 heteroatoms. The Bertz CT molecular complexity index is 628. The first-order valence-corrected chi connectivity index (χ1v) is 9.52. The number of aryl methyl sites for hydroxylation is 1. The number of phenols is 2. The SMILES string of the molecule is Oc1cc2c(cc1O)C1C(CC2)NC[C@H]2C3CCCCCC3C12. The van der Waals surface area contributed by atoms with Gasteiger partial charge in [0.05, 0.1) is 0 Å². The fourth-order valence-corrected chi connectivity index (χ4v) is 6.51. The molecule has 6 atom stereocenters. The van der Waals surface area contributed by atoms with Gasteiger partial charge in [-0.05, 0) is 79.2 Å². The van der Waals surface area contributed by atoms with Crippen molar-refractivity contribution in [3.05, 3.63) is 23.3 Å². The van der Waals surface area contributed by atoms with E-state index in [1.165, 1.54) is 56.2 Å². The number of nitrogens with one attached hydrogen (secondary N) is 1. The van der Waals surface area contributed by atoms with Gasteiger partial charge < -0.3 is 15.5 Å². The minimum absolute atomic E-state index is 0.0449. The summed E-state index contributed by atoms with van der Waals surface area (Å²) in [5.74, 6) is 4.12. The number of piperidine rings is 1. The van der Waals surface area contributed by atoms with Gasteiger partial charge >= 0.3 is 0 Å². The average molecular weight is 313 g/mol. The lowest BCUT2D eigenvalue weighted by Crippen LogP contribution is -2.62. The van der Waals surface area contributed by atoms with E-state index in [0.717, 1.165) is 30.1 Å². The summed E-state index contributed by atoms with van der Waals surface area (Å²) >= 11 is 0. The Balaban J connectivity index is 1.54. The van der Waals surface area contributed by atoms with Crippen molar-refractivity contribution in [1.29, 1.82) is 0 Å². The molecule has 1 aromatic carbocycles. The highest BCUT2D eigenvalue weighted by Crippen LogP contribution is 2.61. The standard InChI is InChI=1S/C20H27NO2/c22-17-8-11-6-7-16-20(14(11)9-18(17)23)19-13-5-3-1-2-4-12(13)15(19)10-21-16/h8-9,12-13,15-16,19-23H,1-7,10H2/t12?,13?,15-,16?,19?,20?/m0/s1. The molecule has 0 bridgehead atoms. The zero-order valence-corrected chi connectivity index (χ0v) is 13.7. The van der Waals surface area contributed by atoms with Gasteiger partial charge in [-0.25, -0.2) is 0 Å². The Kier molecular flexibility index (Phi) is 3.16. The zero-order valence-electron chi connectivity index (χ0n) is 13.7. The van der Waals surface area contributed by atoms with Crippen LogP contribution in [0.5, 0.6) is 11.5 Å². The lowest BCUT2D eigenvalue weighted by atomic mass is 9.47. The van der Waals surface area contributed by atoms with E-state index in [1.54, 1.807) is 0 Å². The van der Waals surface area contributed by atoms with Crippen molar-refractivity contribution in [2.75, 3.05) is 6.54 Å².